The number of nitrogens with one attached hydrogen (secondary N) is 1. The molecule has 0 radical (unpaired) electrons. The Labute approximate surface area is 328 Å². The second kappa shape index (κ2) is 12.8. The molecule has 12 nitrogen and oxygen atoms in total. The van der Waals surface area contributed by atoms with E-state index in [9.17, 15) is 15.0 Å². The summed E-state index contributed by atoms with van der Waals surface area (Å²) in [6.45, 7) is 7.64. The van der Waals surface area contributed by atoms with Crippen LogP contribution in [-0.4, -0.2) is 135 Å². The molecule has 300 valence electrons. The number of hydrogen-bond acceptors (Lipinski definition) is 11. The third-order valence-corrected chi connectivity index (χ3v) is 15.1. The van der Waals surface area contributed by atoms with Crippen molar-refractivity contribution in [2.24, 2.45) is 11.3 Å². The van der Waals surface area contributed by atoms with Gasteiger partial charge in [-0.3, -0.25) is 14.6 Å². The van der Waals surface area contributed by atoms with Gasteiger partial charge in [-0.05, 0) is 67.8 Å². The molecule has 6 aliphatic rings. The van der Waals surface area contributed by atoms with Gasteiger partial charge < -0.3 is 39.0 Å². The molecule has 3 N–H and O–H groups in total. The van der Waals surface area contributed by atoms with Gasteiger partial charge in [0.15, 0.2) is 0 Å². The number of aromatic amines is 1. The van der Waals surface area contributed by atoms with Crippen molar-refractivity contribution in [2.45, 2.75) is 86.2 Å². The van der Waals surface area contributed by atoms with Crippen molar-refractivity contribution in [3.05, 3.63) is 70.9 Å². The van der Waals surface area contributed by atoms with E-state index in [0.29, 0.717) is 50.0 Å². The number of nitrogens with zero attached hydrogens (tertiary/aromatic N) is 3. The van der Waals surface area contributed by atoms with Gasteiger partial charge in [0.1, 0.15) is 17.3 Å². The molecule has 5 unspecified atom stereocenters. The fourth-order valence-corrected chi connectivity index (χ4v) is 13.3. The maximum Gasteiger partial charge on any atom is 0.342 e. The third-order valence-electron chi connectivity index (χ3n) is 15.1. The Morgan fingerprint density at radius 3 is 2.46 bits per heavy atom. The molecule has 1 aromatic heterocycles. The van der Waals surface area contributed by atoms with Gasteiger partial charge in [0, 0.05) is 91.1 Å². The van der Waals surface area contributed by atoms with Crippen molar-refractivity contribution in [3.63, 3.8) is 0 Å². The van der Waals surface area contributed by atoms with Crippen LogP contribution in [0.3, 0.4) is 0 Å². The predicted octanol–water partition coefficient (Wildman–Crippen LogP) is 3.68. The zero-order chi connectivity index (χ0) is 39.6. The summed E-state index contributed by atoms with van der Waals surface area (Å²) in [5.74, 6) is -0.708. The lowest BCUT2D eigenvalue weighted by Gasteiger charge is -2.62. The van der Waals surface area contributed by atoms with E-state index >= 15 is 4.79 Å². The highest BCUT2D eigenvalue weighted by atomic mass is 16.6. The minimum absolute atomic E-state index is 0.0630. The van der Waals surface area contributed by atoms with Crippen LogP contribution in [0.15, 0.2) is 48.6 Å². The van der Waals surface area contributed by atoms with Crippen molar-refractivity contribution in [3.8, 4) is 5.75 Å². The van der Waals surface area contributed by atoms with E-state index in [2.05, 4.69) is 52.1 Å². The molecular formula is C44H56N4O8. The molecule has 3 aromatic rings. The Hall–Kier alpha value is -3.94. The molecule has 1 spiro atoms. The van der Waals surface area contributed by atoms with E-state index in [1.807, 2.05) is 37.1 Å². The van der Waals surface area contributed by atoms with Crippen molar-refractivity contribution in [2.75, 3.05) is 73.1 Å². The zero-order valence-corrected chi connectivity index (χ0v) is 33.7. The van der Waals surface area contributed by atoms with Gasteiger partial charge in [0.05, 0.1) is 33.0 Å². The van der Waals surface area contributed by atoms with Crippen LogP contribution in [0.2, 0.25) is 0 Å². The summed E-state index contributed by atoms with van der Waals surface area (Å²) in [6, 6.07) is 11.4. The van der Waals surface area contributed by atoms with Crippen molar-refractivity contribution < 1.29 is 38.7 Å². The first-order valence-electron chi connectivity index (χ1n) is 20.2. The van der Waals surface area contributed by atoms with Crippen LogP contribution in [0, 0.1) is 11.3 Å². The number of anilines is 1. The number of ether oxygens (including phenoxy) is 4. The molecule has 6 heterocycles. The van der Waals surface area contributed by atoms with E-state index in [1.165, 1.54) is 14.2 Å². The second-order valence-corrected chi connectivity index (χ2v) is 17.7. The maximum absolute atomic E-state index is 15.2. The zero-order valence-electron chi connectivity index (χ0n) is 33.7. The molecule has 2 bridgehead atoms. The van der Waals surface area contributed by atoms with Crippen molar-refractivity contribution in [1.82, 2.24) is 14.8 Å². The molecule has 1 saturated carbocycles. The van der Waals surface area contributed by atoms with E-state index in [0.717, 1.165) is 59.6 Å². The van der Waals surface area contributed by atoms with Gasteiger partial charge in [-0.25, -0.2) is 4.79 Å². The Balaban J connectivity index is 1.36. The normalized spacial score (nSPS) is 38.4. The Morgan fingerprint density at radius 1 is 0.982 bits per heavy atom. The van der Waals surface area contributed by atoms with Gasteiger partial charge in [-0.1, -0.05) is 44.2 Å². The molecule has 2 saturated heterocycles. The lowest BCUT2D eigenvalue weighted by atomic mass is 9.49. The van der Waals surface area contributed by atoms with Gasteiger partial charge in [-0.2, -0.15) is 0 Å². The summed E-state index contributed by atoms with van der Waals surface area (Å²) >= 11 is 0. The Morgan fingerprint density at radius 2 is 1.75 bits per heavy atom. The average molecular weight is 769 g/mol. The lowest BCUT2D eigenvalue weighted by molar-refractivity contribution is -0.221. The molecule has 3 fully saturated rings. The highest BCUT2D eigenvalue weighted by molar-refractivity contribution is 5.95. The van der Waals surface area contributed by atoms with Crippen LogP contribution in [0.4, 0.5) is 5.69 Å². The third kappa shape index (κ3) is 4.64. The fraction of sp³-hybridized carbons (Fsp3) is 0.591. The van der Waals surface area contributed by atoms with Gasteiger partial charge in [0.25, 0.3) is 0 Å². The summed E-state index contributed by atoms with van der Waals surface area (Å²) in [5, 5.41) is 26.1. The number of esters is 2. The second-order valence-electron chi connectivity index (χ2n) is 17.7. The van der Waals surface area contributed by atoms with Crippen LogP contribution >= 0.6 is 0 Å². The molecule has 9 rings (SSSR count). The molecule has 0 amide bonds. The number of methoxy groups -OCH3 is 4. The molecule has 1 aliphatic carbocycles. The summed E-state index contributed by atoms with van der Waals surface area (Å²) in [4.78, 5) is 40.0. The largest absolute Gasteiger partial charge is 0.496 e. The minimum Gasteiger partial charge on any atom is -0.496 e. The van der Waals surface area contributed by atoms with Gasteiger partial charge in [-0.15, -0.1) is 0 Å². The number of hydrogen-bond donors (Lipinski definition) is 3. The number of H-pyrrole nitrogens is 1. The van der Waals surface area contributed by atoms with E-state index in [1.54, 1.807) is 14.2 Å². The predicted molar refractivity (Wildman–Crippen MR) is 211 cm³/mol. The summed E-state index contributed by atoms with van der Waals surface area (Å²) < 4.78 is 24.0. The monoisotopic (exact) mass is 768 g/mol. The topological polar surface area (TPSA) is 137 Å². The minimum atomic E-state index is -2.06. The fourth-order valence-electron chi connectivity index (χ4n) is 13.3. The van der Waals surface area contributed by atoms with E-state index in [4.69, 9.17) is 18.9 Å². The van der Waals surface area contributed by atoms with Crippen molar-refractivity contribution >= 4 is 28.5 Å². The molecular weight excluding hydrogens is 713 g/mol. The van der Waals surface area contributed by atoms with Crippen LogP contribution in [0.5, 0.6) is 5.75 Å². The number of para-hydroxylation sites is 1. The van der Waals surface area contributed by atoms with E-state index < -0.39 is 51.5 Å². The first-order chi connectivity index (χ1) is 26.8. The first-order valence-corrected chi connectivity index (χ1v) is 20.2. The Bertz CT molecular complexity index is 2140. The number of piperidine rings is 1. The highest BCUT2D eigenvalue weighted by Gasteiger charge is 2.79. The first kappa shape index (κ1) is 37.6. The summed E-state index contributed by atoms with van der Waals surface area (Å²) in [5.41, 5.74) is -0.706. The summed E-state index contributed by atoms with van der Waals surface area (Å²) in [7, 11) is 7.88. The molecule has 2 aromatic carbocycles. The SMILES string of the molecule is CC[C@]1(O)CC2CN(CCc3c([nH]c4ccccc34)[C@@](C(=O)OC)(c3cc4c(cc3OC)N(C)C3C45CCN4CC=C[C@](C)(C45)[C@@H](OC)[C@]3(O)C(=O)OC)C2)C1. The number of fused-ring (bicyclic) bond motifs is 6. The number of rotatable bonds is 6. The number of likely N-dealkylation sites (N-methyl/N-ethyl adjacent to an activating group) is 1. The van der Waals surface area contributed by atoms with Crippen LogP contribution in [-0.2, 0) is 41.1 Å². The number of carbonyl (C=O) groups excluding carboxylic acids is 2. The van der Waals surface area contributed by atoms with E-state index in [-0.39, 0.29) is 12.0 Å². The number of benzene rings is 2. The number of aromatic nitrogens is 1. The van der Waals surface area contributed by atoms with Crippen LogP contribution in [0.25, 0.3) is 10.9 Å². The molecule has 12 heteroatoms. The summed E-state index contributed by atoms with van der Waals surface area (Å²) in [6.07, 6.45) is 6.16. The average Bonchev–Trinajstić information content (AvgIpc) is 3.85. The lowest BCUT2D eigenvalue weighted by Crippen LogP contribution is -2.80. The van der Waals surface area contributed by atoms with Gasteiger partial charge in [0.2, 0.25) is 5.60 Å². The van der Waals surface area contributed by atoms with Gasteiger partial charge >= 0.3 is 11.9 Å². The number of carbonyl (C=O) groups is 2. The van der Waals surface area contributed by atoms with Crippen LogP contribution < -0.4 is 9.64 Å². The highest BCUT2D eigenvalue weighted by Crippen LogP contribution is 2.67. The molecule has 10 atom stereocenters. The van der Waals surface area contributed by atoms with Crippen molar-refractivity contribution in [1.29, 1.82) is 0 Å². The smallest absolute Gasteiger partial charge is 0.342 e. The molecule has 56 heavy (non-hydrogen) atoms. The standard InChI is InChI=1S/C44H56N4O8/c1-8-41(51)22-26-23-43(38(49)55-6,34-28(14-18-47(24-26)25-41)27-12-9-10-13-31(27)45-34)30-20-29-32(21-33(30)53-4)46(3)36-42(29)16-19-48-17-11-15-40(2,35(42)48)37(54-5)44(36,52)39(50)56-7/h9-13,15,20-21,26,35-37,45,51-52H,8,14,16-19,22-25H2,1-7H3/t26?,35?,36?,37-,40-,41+,42?,43+,44+/m1/s1. The maximum atomic E-state index is 15.2. The van der Waals surface area contributed by atoms with Crippen LogP contribution in [0.1, 0.15) is 61.9 Å². The number of aliphatic hydroxyl groups is 2. The Kier molecular flexibility index (Phi) is 8.59. The molecule has 5 aliphatic heterocycles. The quantitative estimate of drug-likeness (QED) is 0.250.